The summed E-state index contributed by atoms with van der Waals surface area (Å²) in [4.78, 5) is 19.1. The molecule has 29 heavy (non-hydrogen) atoms. The largest absolute Gasteiger partial charge is 0.374 e. The quantitative estimate of drug-likeness (QED) is 0.621. The average molecular weight is 411 g/mol. The summed E-state index contributed by atoms with van der Waals surface area (Å²) in [5, 5.41) is 0.716. The van der Waals surface area contributed by atoms with Gasteiger partial charge in [0.25, 0.3) is 0 Å². The maximum absolute atomic E-state index is 12.2. The van der Waals surface area contributed by atoms with E-state index in [0.29, 0.717) is 35.0 Å². The molecule has 0 radical (unpaired) electrons. The van der Waals surface area contributed by atoms with Crippen molar-refractivity contribution in [2.24, 2.45) is 28.6 Å². The van der Waals surface area contributed by atoms with E-state index >= 15 is 0 Å². The molecule has 1 saturated heterocycles. The molecule has 1 aliphatic heterocycles. The highest BCUT2D eigenvalue weighted by molar-refractivity contribution is 6.30. The van der Waals surface area contributed by atoms with E-state index in [0.717, 1.165) is 25.9 Å². The zero-order valence-corrected chi connectivity index (χ0v) is 18.5. The lowest BCUT2D eigenvalue weighted by Gasteiger charge is -2.60. The van der Waals surface area contributed by atoms with Gasteiger partial charge in [0.05, 0.1) is 5.02 Å². The number of carbonyl (C=O) groups excluding carboxylic acids is 1. The van der Waals surface area contributed by atoms with Crippen molar-refractivity contribution in [1.82, 2.24) is 9.88 Å². The van der Waals surface area contributed by atoms with Crippen molar-refractivity contribution in [2.75, 3.05) is 13.1 Å². The molecule has 4 heteroatoms. The van der Waals surface area contributed by atoms with Crippen LogP contribution in [0.4, 0.5) is 0 Å². The Morgan fingerprint density at radius 1 is 1.21 bits per heavy atom. The second-order valence-electron chi connectivity index (χ2n) is 10.0. The lowest BCUT2D eigenvalue weighted by atomic mass is 9.49. The normalized spacial score (nSPS) is 38.7. The van der Waals surface area contributed by atoms with Crippen LogP contribution >= 0.6 is 11.6 Å². The Bertz CT molecular complexity index is 921. The summed E-state index contributed by atoms with van der Waals surface area (Å²) in [5.74, 6) is 2.31. The number of likely N-dealkylation sites (tertiary alicyclic amines) is 1. The molecule has 0 spiro atoms. The number of halogens is 1. The summed E-state index contributed by atoms with van der Waals surface area (Å²) in [6.45, 7) is 9.23. The lowest BCUT2D eigenvalue weighted by Crippen LogP contribution is -2.57. The third kappa shape index (κ3) is 2.76. The Hall–Kier alpha value is -1.61. The smallest absolute Gasteiger partial charge is 0.157 e. The first-order chi connectivity index (χ1) is 13.9. The summed E-state index contributed by atoms with van der Waals surface area (Å²) in [5.41, 5.74) is 4.30. The van der Waals surface area contributed by atoms with Crippen LogP contribution in [0.5, 0.6) is 0 Å². The van der Waals surface area contributed by atoms with Crippen LogP contribution in [0.1, 0.15) is 58.4 Å². The van der Waals surface area contributed by atoms with Gasteiger partial charge in [0.15, 0.2) is 5.78 Å². The molecule has 5 atom stereocenters. The molecule has 0 amide bonds. The van der Waals surface area contributed by atoms with Crippen LogP contribution in [-0.4, -0.2) is 28.8 Å². The Morgan fingerprint density at radius 3 is 2.79 bits per heavy atom. The van der Waals surface area contributed by atoms with Crippen molar-refractivity contribution in [3.05, 3.63) is 46.9 Å². The van der Waals surface area contributed by atoms with Crippen molar-refractivity contribution in [3.8, 4) is 0 Å². The number of ketones is 1. The number of rotatable bonds is 2. The summed E-state index contributed by atoms with van der Waals surface area (Å²) >= 11 is 6.27. The predicted octanol–water partition coefficient (Wildman–Crippen LogP) is 5.76. The lowest BCUT2D eigenvalue weighted by molar-refractivity contribution is -0.118. The second kappa shape index (κ2) is 6.70. The van der Waals surface area contributed by atoms with Crippen LogP contribution in [0.25, 0.3) is 5.57 Å². The number of allylic oxidation sites excluding steroid dienone is 4. The third-order valence-electron chi connectivity index (χ3n) is 8.78. The summed E-state index contributed by atoms with van der Waals surface area (Å²) in [7, 11) is 0. The molecule has 0 unspecified atom stereocenters. The first kappa shape index (κ1) is 19.4. The summed E-state index contributed by atoms with van der Waals surface area (Å²) < 4.78 is 0. The summed E-state index contributed by atoms with van der Waals surface area (Å²) in [6, 6.07) is 2.08. The molecule has 1 aromatic rings. The number of hydrogen-bond donors (Lipinski definition) is 0. The van der Waals surface area contributed by atoms with E-state index in [2.05, 4.69) is 42.8 Å². The Kier molecular flexibility index (Phi) is 4.47. The van der Waals surface area contributed by atoms with Gasteiger partial charge in [-0.1, -0.05) is 31.5 Å². The number of carbonyl (C=O) groups is 1. The van der Waals surface area contributed by atoms with Crippen LogP contribution in [0.2, 0.25) is 5.02 Å². The monoisotopic (exact) mass is 410 g/mol. The fourth-order valence-electron chi connectivity index (χ4n) is 7.29. The topological polar surface area (TPSA) is 33.2 Å². The molecule has 2 heterocycles. The van der Waals surface area contributed by atoms with Crippen molar-refractivity contribution < 1.29 is 4.79 Å². The summed E-state index contributed by atoms with van der Waals surface area (Å²) in [6.07, 6.45) is 13.5. The highest BCUT2D eigenvalue weighted by Crippen LogP contribution is 2.65. The number of piperidine rings is 1. The van der Waals surface area contributed by atoms with Gasteiger partial charge in [0.1, 0.15) is 0 Å². The Balaban J connectivity index is 1.51. The average Bonchev–Trinajstić information content (AvgIpc) is 3.05. The molecular weight excluding hydrogens is 380 g/mol. The number of aromatic nitrogens is 1. The van der Waals surface area contributed by atoms with Gasteiger partial charge < -0.3 is 4.90 Å². The molecule has 1 saturated carbocycles. The first-order valence-electron chi connectivity index (χ1n) is 11.2. The van der Waals surface area contributed by atoms with E-state index in [1.165, 1.54) is 29.7 Å². The van der Waals surface area contributed by atoms with Gasteiger partial charge in [-0.3, -0.25) is 9.78 Å². The number of pyridine rings is 1. The van der Waals surface area contributed by atoms with E-state index in [-0.39, 0.29) is 10.8 Å². The number of hydrogen-bond acceptors (Lipinski definition) is 3. The first-order valence-corrected chi connectivity index (χ1v) is 11.6. The molecule has 0 aromatic carbocycles. The van der Waals surface area contributed by atoms with E-state index in [1.807, 2.05) is 12.3 Å². The van der Waals surface area contributed by atoms with Crippen LogP contribution in [-0.2, 0) is 4.79 Å². The minimum atomic E-state index is 0.147. The molecule has 3 aliphatic carbocycles. The number of nitrogens with zero attached hydrogens (tertiary/aromatic N) is 2. The van der Waals surface area contributed by atoms with Crippen LogP contribution in [0, 0.1) is 28.6 Å². The maximum Gasteiger partial charge on any atom is 0.157 e. The Labute approximate surface area is 179 Å². The SMILES string of the molecule is CCN1C[C@@H]2[C@H](CC[C@]3(C)C(c4cncc(Cl)c4)=CC[C@@H]23)[C@@]2(C)CCC(=O)C=C12. The van der Waals surface area contributed by atoms with E-state index in [1.54, 1.807) is 6.20 Å². The molecule has 0 bridgehead atoms. The standard InChI is InChI=1S/C25H31ClN2O/c1-4-28-15-19-21-6-5-20(16-11-17(26)14-27-13-16)24(21,2)10-8-22(19)25(3)9-7-18(29)12-23(25)28/h5,11-14,19,21-22H,4,6-10,15H2,1-3H3/t19-,21-,22-,24+,25+/m0/s1. The fraction of sp³-hybridized carbons (Fsp3) is 0.600. The minimum absolute atomic E-state index is 0.147. The van der Waals surface area contributed by atoms with Gasteiger partial charge in [0, 0.05) is 49.1 Å². The fourth-order valence-corrected chi connectivity index (χ4v) is 7.46. The molecule has 0 N–H and O–H groups in total. The van der Waals surface area contributed by atoms with Gasteiger partial charge in [-0.15, -0.1) is 0 Å². The maximum atomic E-state index is 12.2. The zero-order valence-electron chi connectivity index (χ0n) is 17.7. The molecule has 5 rings (SSSR count). The molecule has 4 aliphatic rings. The highest BCUT2D eigenvalue weighted by atomic mass is 35.5. The van der Waals surface area contributed by atoms with Crippen molar-refractivity contribution in [2.45, 2.75) is 52.9 Å². The van der Waals surface area contributed by atoms with Gasteiger partial charge in [-0.2, -0.15) is 0 Å². The van der Waals surface area contributed by atoms with Gasteiger partial charge in [0.2, 0.25) is 0 Å². The van der Waals surface area contributed by atoms with E-state index < -0.39 is 0 Å². The third-order valence-corrected chi connectivity index (χ3v) is 8.99. The second-order valence-corrected chi connectivity index (χ2v) is 10.5. The minimum Gasteiger partial charge on any atom is -0.374 e. The van der Waals surface area contributed by atoms with Crippen molar-refractivity contribution in [1.29, 1.82) is 0 Å². The van der Waals surface area contributed by atoms with Crippen LogP contribution in [0.3, 0.4) is 0 Å². The molecular formula is C25H31ClN2O. The zero-order chi connectivity index (χ0) is 20.4. The van der Waals surface area contributed by atoms with Crippen LogP contribution < -0.4 is 0 Å². The van der Waals surface area contributed by atoms with Crippen molar-refractivity contribution >= 4 is 23.0 Å². The van der Waals surface area contributed by atoms with E-state index in [9.17, 15) is 4.79 Å². The predicted molar refractivity (Wildman–Crippen MR) is 117 cm³/mol. The van der Waals surface area contributed by atoms with Gasteiger partial charge >= 0.3 is 0 Å². The van der Waals surface area contributed by atoms with Gasteiger partial charge in [-0.05, 0) is 73.0 Å². The molecule has 154 valence electrons. The van der Waals surface area contributed by atoms with E-state index in [4.69, 9.17) is 11.6 Å². The Morgan fingerprint density at radius 2 is 2.03 bits per heavy atom. The highest BCUT2D eigenvalue weighted by Gasteiger charge is 2.58. The van der Waals surface area contributed by atoms with Gasteiger partial charge in [-0.25, -0.2) is 0 Å². The number of fused-ring (bicyclic) bond motifs is 5. The molecule has 2 fully saturated rings. The molecule has 3 nitrogen and oxygen atoms in total. The molecule has 1 aromatic heterocycles. The van der Waals surface area contributed by atoms with Crippen LogP contribution in [0.15, 0.2) is 36.3 Å². The van der Waals surface area contributed by atoms with Crippen molar-refractivity contribution in [3.63, 3.8) is 0 Å².